The average Bonchev–Trinajstić information content (AvgIpc) is 1.87. The van der Waals surface area contributed by atoms with Gasteiger partial charge in [0.25, 0.3) is 0 Å². The number of hydrogen-bond donors (Lipinski definition) is 1. The Balaban J connectivity index is 2.65. The minimum Gasteiger partial charge on any atom is -0.388 e. The summed E-state index contributed by atoms with van der Waals surface area (Å²) in [4.78, 5) is 0. The summed E-state index contributed by atoms with van der Waals surface area (Å²) in [5.74, 6) is 0. The van der Waals surface area contributed by atoms with E-state index in [1.54, 1.807) is 0 Å². The first-order chi connectivity index (χ1) is 4.93. The van der Waals surface area contributed by atoms with Crippen molar-refractivity contribution in [2.75, 3.05) is 7.05 Å². The van der Waals surface area contributed by atoms with Crippen molar-refractivity contribution in [2.45, 2.75) is 12.8 Å². The van der Waals surface area contributed by atoms with E-state index >= 15 is 0 Å². The quantitative estimate of drug-likeness (QED) is 0.580. The lowest BCUT2D eigenvalue weighted by molar-refractivity contribution is 0.999. The molecule has 0 unspecified atom stereocenters. The first kappa shape index (κ1) is 7.13. The Morgan fingerprint density at radius 1 is 1.30 bits per heavy atom. The van der Waals surface area contributed by atoms with Crippen molar-refractivity contribution < 1.29 is 0 Å². The van der Waals surface area contributed by atoms with E-state index in [2.05, 4.69) is 35.7 Å². The molecule has 0 amide bonds. The molecule has 1 heteroatoms. The topological polar surface area (TPSA) is 12.0 Å². The predicted molar refractivity (Wildman–Crippen MR) is 44.7 cm³/mol. The molecule has 0 aromatic rings. The van der Waals surface area contributed by atoms with Crippen LogP contribution in [-0.4, -0.2) is 7.05 Å². The van der Waals surface area contributed by atoms with Gasteiger partial charge < -0.3 is 5.32 Å². The van der Waals surface area contributed by atoms with E-state index in [9.17, 15) is 0 Å². The van der Waals surface area contributed by atoms with E-state index in [1.807, 2.05) is 7.05 Å². The first-order valence-corrected chi connectivity index (χ1v) is 3.64. The van der Waals surface area contributed by atoms with Crippen LogP contribution in [-0.2, 0) is 0 Å². The van der Waals surface area contributed by atoms with Crippen molar-refractivity contribution in [3.05, 3.63) is 36.1 Å². The standard InChI is InChI=1S/C9H13N/c1-10-9-7-5-3-2-4-6-8-9/h3,5-8,10H,2,4H2,1H3/b5-3-,8-6-,9-7+. The van der Waals surface area contributed by atoms with Crippen LogP contribution in [0.3, 0.4) is 0 Å². The molecular formula is C9H13N. The predicted octanol–water partition coefficient (Wildman–Crippen LogP) is 2.00. The Hall–Kier alpha value is -0.980. The van der Waals surface area contributed by atoms with Gasteiger partial charge in [-0.25, -0.2) is 0 Å². The fraction of sp³-hybridized carbons (Fsp3) is 0.333. The van der Waals surface area contributed by atoms with Crippen molar-refractivity contribution in [1.29, 1.82) is 0 Å². The highest BCUT2D eigenvalue weighted by molar-refractivity contribution is 5.23. The molecule has 1 nitrogen and oxygen atoms in total. The second-order valence-electron chi connectivity index (χ2n) is 2.28. The van der Waals surface area contributed by atoms with Gasteiger partial charge in [-0.3, -0.25) is 0 Å². The van der Waals surface area contributed by atoms with Crippen molar-refractivity contribution >= 4 is 0 Å². The molecule has 0 aliphatic heterocycles. The summed E-state index contributed by atoms with van der Waals surface area (Å²) in [5, 5.41) is 3.09. The zero-order chi connectivity index (χ0) is 7.23. The molecule has 1 N–H and O–H groups in total. The summed E-state index contributed by atoms with van der Waals surface area (Å²) >= 11 is 0. The molecule has 0 atom stereocenters. The molecule has 0 aromatic heterocycles. The minimum atomic E-state index is 1.15. The Bertz CT molecular complexity index is 175. The third kappa shape index (κ3) is 2.09. The van der Waals surface area contributed by atoms with Crippen LogP contribution in [0.15, 0.2) is 36.1 Å². The zero-order valence-corrected chi connectivity index (χ0v) is 6.30. The number of hydrogen-bond acceptors (Lipinski definition) is 1. The summed E-state index contributed by atoms with van der Waals surface area (Å²) in [5.41, 5.74) is 1.18. The molecule has 0 spiro atoms. The van der Waals surface area contributed by atoms with Gasteiger partial charge in [-0.15, -0.1) is 0 Å². The van der Waals surface area contributed by atoms with Gasteiger partial charge in [-0.2, -0.15) is 0 Å². The summed E-state index contributed by atoms with van der Waals surface area (Å²) < 4.78 is 0. The van der Waals surface area contributed by atoms with Gasteiger partial charge >= 0.3 is 0 Å². The fourth-order valence-electron chi connectivity index (χ4n) is 0.893. The second kappa shape index (κ2) is 3.94. The molecule has 0 saturated carbocycles. The van der Waals surface area contributed by atoms with Gasteiger partial charge in [0.2, 0.25) is 0 Å². The van der Waals surface area contributed by atoms with Gasteiger partial charge in [0, 0.05) is 12.7 Å². The van der Waals surface area contributed by atoms with Crippen molar-refractivity contribution in [3.63, 3.8) is 0 Å². The molecule has 54 valence electrons. The number of likely N-dealkylation sites (N-methyl/N-ethyl adjacent to an activating group) is 1. The van der Waals surface area contributed by atoms with Gasteiger partial charge in [0.05, 0.1) is 0 Å². The van der Waals surface area contributed by atoms with Crippen LogP contribution in [0, 0.1) is 0 Å². The number of rotatable bonds is 1. The van der Waals surface area contributed by atoms with Gasteiger partial charge in [-0.1, -0.05) is 18.2 Å². The SMILES string of the molecule is CNC1=C/C=C\CC/C=C\1. The Morgan fingerprint density at radius 3 is 2.90 bits per heavy atom. The van der Waals surface area contributed by atoms with Crippen molar-refractivity contribution in [3.8, 4) is 0 Å². The van der Waals surface area contributed by atoms with Crippen LogP contribution < -0.4 is 5.32 Å². The Labute approximate surface area is 62.1 Å². The van der Waals surface area contributed by atoms with E-state index < -0.39 is 0 Å². The number of nitrogens with one attached hydrogen (secondary N) is 1. The van der Waals surface area contributed by atoms with Gasteiger partial charge in [0.15, 0.2) is 0 Å². The highest BCUT2D eigenvalue weighted by Gasteiger charge is 1.86. The van der Waals surface area contributed by atoms with Crippen LogP contribution in [0.25, 0.3) is 0 Å². The van der Waals surface area contributed by atoms with Crippen LogP contribution in [0.2, 0.25) is 0 Å². The summed E-state index contributed by atoms with van der Waals surface area (Å²) in [6.45, 7) is 0. The first-order valence-electron chi connectivity index (χ1n) is 3.64. The molecule has 0 aromatic carbocycles. The van der Waals surface area contributed by atoms with Crippen molar-refractivity contribution in [2.24, 2.45) is 0 Å². The smallest absolute Gasteiger partial charge is 0.0334 e. The molecule has 0 fully saturated rings. The van der Waals surface area contributed by atoms with Gasteiger partial charge in [-0.05, 0) is 25.0 Å². The monoisotopic (exact) mass is 135 g/mol. The molecule has 10 heavy (non-hydrogen) atoms. The summed E-state index contributed by atoms with van der Waals surface area (Å²) in [7, 11) is 1.94. The molecule has 1 rings (SSSR count). The normalized spacial score (nSPS) is 29.1. The molecular weight excluding hydrogens is 122 g/mol. The van der Waals surface area contributed by atoms with E-state index in [-0.39, 0.29) is 0 Å². The minimum absolute atomic E-state index is 1.15. The highest BCUT2D eigenvalue weighted by Crippen LogP contribution is 2.01. The van der Waals surface area contributed by atoms with Crippen LogP contribution >= 0.6 is 0 Å². The fourth-order valence-corrected chi connectivity index (χ4v) is 0.893. The molecule has 0 heterocycles. The highest BCUT2D eigenvalue weighted by atomic mass is 14.8. The maximum Gasteiger partial charge on any atom is 0.0334 e. The summed E-state index contributed by atoms with van der Waals surface area (Å²) in [6, 6.07) is 0. The van der Waals surface area contributed by atoms with Gasteiger partial charge in [0.1, 0.15) is 0 Å². The zero-order valence-electron chi connectivity index (χ0n) is 6.30. The van der Waals surface area contributed by atoms with Crippen LogP contribution in [0.5, 0.6) is 0 Å². The molecule has 1 aliphatic rings. The van der Waals surface area contributed by atoms with E-state index in [1.165, 1.54) is 5.70 Å². The maximum atomic E-state index is 3.09. The lowest BCUT2D eigenvalue weighted by Crippen LogP contribution is -2.02. The molecule has 1 aliphatic carbocycles. The van der Waals surface area contributed by atoms with Crippen molar-refractivity contribution in [1.82, 2.24) is 5.32 Å². The third-order valence-electron chi connectivity index (χ3n) is 1.50. The average molecular weight is 135 g/mol. The molecule has 0 radical (unpaired) electrons. The molecule has 0 bridgehead atoms. The Kier molecular flexibility index (Phi) is 2.81. The lowest BCUT2D eigenvalue weighted by Gasteiger charge is -1.99. The number of allylic oxidation sites excluding steroid dienone is 5. The van der Waals surface area contributed by atoms with Crippen LogP contribution in [0.4, 0.5) is 0 Å². The van der Waals surface area contributed by atoms with E-state index in [0.717, 1.165) is 12.8 Å². The van der Waals surface area contributed by atoms with Crippen LogP contribution in [0.1, 0.15) is 12.8 Å². The summed E-state index contributed by atoms with van der Waals surface area (Å²) in [6.07, 6.45) is 13.0. The lowest BCUT2D eigenvalue weighted by atomic mass is 10.2. The third-order valence-corrected chi connectivity index (χ3v) is 1.50. The maximum absolute atomic E-state index is 3.09. The largest absolute Gasteiger partial charge is 0.388 e. The molecule has 0 saturated heterocycles. The van der Waals surface area contributed by atoms with E-state index in [4.69, 9.17) is 0 Å². The van der Waals surface area contributed by atoms with E-state index in [0.29, 0.717) is 0 Å². The second-order valence-corrected chi connectivity index (χ2v) is 2.28. The Morgan fingerprint density at radius 2 is 2.10 bits per heavy atom.